The van der Waals surface area contributed by atoms with Gasteiger partial charge >= 0.3 is 11.9 Å². The highest BCUT2D eigenvalue weighted by Crippen LogP contribution is 2.36. The van der Waals surface area contributed by atoms with Gasteiger partial charge in [-0.2, -0.15) is 0 Å². The van der Waals surface area contributed by atoms with Crippen molar-refractivity contribution in [3.63, 3.8) is 0 Å². The van der Waals surface area contributed by atoms with Gasteiger partial charge in [-0.15, -0.1) is 0 Å². The second-order valence-electron chi connectivity index (χ2n) is 4.20. The molecule has 0 aromatic rings. The van der Waals surface area contributed by atoms with Crippen LogP contribution in [-0.2, 0) is 19.1 Å². The van der Waals surface area contributed by atoms with Gasteiger partial charge in [0.15, 0.2) is 0 Å². The molecule has 1 aliphatic heterocycles. The van der Waals surface area contributed by atoms with E-state index in [1.165, 1.54) is 0 Å². The molecule has 0 N–H and O–H groups in total. The summed E-state index contributed by atoms with van der Waals surface area (Å²) >= 11 is 0. The maximum atomic E-state index is 11.4. The Balaban J connectivity index is 2.01. The predicted molar refractivity (Wildman–Crippen MR) is 51.9 cm³/mol. The zero-order valence-corrected chi connectivity index (χ0v) is 8.69. The highest BCUT2D eigenvalue weighted by atomic mass is 16.6. The first-order valence-corrected chi connectivity index (χ1v) is 5.15. The number of carbonyl (C=O) groups is 2. The molecule has 0 radical (unpaired) electrons. The van der Waals surface area contributed by atoms with Crippen LogP contribution in [0.2, 0.25) is 0 Å². The molecular formula is C11H14O4. The van der Waals surface area contributed by atoms with Gasteiger partial charge in [0.05, 0.1) is 5.92 Å². The van der Waals surface area contributed by atoms with E-state index in [0.717, 1.165) is 6.42 Å². The Hall–Kier alpha value is -1.32. The fourth-order valence-electron chi connectivity index (χ4n) is 2.09. The minimum absolute atomic E-state index is 0.0438. The van der Waals surface area contributed by atoms with E-state index < -0.39 is 5.97 Å². The van der Waals surface area contributed by atoms with Crippen LogP contribution in [0.15, 0.2) is 12.2 Å². The third-order valence-electron chi connectivity index (χ3n) is 2.93. The van der Waals surface area contributed by atoms with Crippen molar-refractivity contribution in [3.05, 3.63) is 12.2 Å². The molecule has 3 unspecified atom stereocenters. The number of carbonyl (C=O) groups excluding carboxylic acids is 2. The summed E-state index contributed by atoms with van der Waals surface area (Å²) in [5.41, 5.74) is 0.364. The first-order chi connectivity index (χ1) is 7.08. The molecule has 2 rings (SSSR count). The van der Waals surface area contributed by atoms with Crippen LogP contribution >= 0.6 is 0 Å². The van der Waals surface area contributed by atoms with E-state index >= 15 is 0 Å². The number of hydrogen-bond acceptors (Lipinski definition) is 4. The summed E-state index contributed by atoms with van der Waals surface area (Å²) < 4.78 is 10.3. The van der Waals surface area contributed by atoms with Crippen molar-refractivity contribution in [3.8, 4) is 0 Å². The first-order valence-electron chi connectivity index (χ1n) is 5.15. The highest BCUT2D eigenvalue weighted by molar-refractivity contribution is 5.87. The van der Waals surface area contributed by atoms with Crippen molar-refractivity contribution in [1.82, 2.24) is 0 Å². The maximum absolute atomic E-state index is 11.4. The zero-order chi connectivity index (χ0) is 11.0. The Kier molecular flexibility index (Phi) is 2.50. The van der Waals surface area contributed by atoms with Crippen LogP contribution in [0, 0.1) is 5.92 Å². The Bertz CT molecular complexity index is 321. The van der Waals surface area contributed by atoms with Crippen LogP contribution in [0.4, 0.5) is 0 Å². The van der Waals surface area contributed by atoms with E-state index in [-0.39, 0.29) is 24.1 Å². The fourth-order valence-corrected chi connectivity index (χ4v) is 2.09. The Morgan fingerprint density at radius 3 is 2.93 bits per heavy atom. The average molecular weight is 210 g/mol. The molecule has 82 valence electrons. The fraction of sp³-hybridized carbons (Fsp3) is 0.636. The van der Waals surface area contributed by atoms with Crippen molar-refractivity contribution >= 4 is 11.9 Å². The summed E-state index contributed by atoms with van der Waals surface area (Å²) in [4.78, 5) is 22.7. The molecule has 2 bridgehead atoms. The Morgan fingerprint density at radius 1 is 1.53 bits per heavy atom. The molecule has 1 aliphatic carbocycles. The maximum Gasteiger partial charge on any atom is 0.333 e. The van der Waals surface area contributed by atoms with Gasteiger partial charge < -0.3 is 9.47 Å². The van der Waals surface area contributed by atoms with Crippen molar-refractivity contribution in [2.45, 2.75) is 38.4 Å². The second kappa shape index (κ2) is 3.68. The van der Waals surface area contributed by atoms with E-state index in [2.05, 4.69) is 6.58 Å². The standard InChI is InChI=1S/C11H14O4/c1-6(2)10(12)15-9-4-3-7-5-8(9)11(13)14-7/h7-9H,1,3-5H2,2H3. The predicted octanol–water partition coefficient (Wildman–Crippen LogP) is 1.20. The molecule has 4 heteroatoms. The largest absolute Gasteiger partial charge is 0.462 e. The SMILES string of the molecule is C=C(C)C(=O)OC1CCC2CC1C(=O)O2. The minimum atomic E-state index is -0.418. The van der Waals surface area contributed by atoms with Gasteiger partial charge in [-0.25, -0.2) is 4.79 Å². The molecule has 0 aromatic heterocycles. The molecule has 0 spiro atoms. The minimum Gasteiger partial charge on any atom is -0.462 e. The van der Waals surface area contributed by atoms with Gasteiger partial charge in [-0.3, -0.25) is 4.79 Å². The third-order valence-corrected chi connectivity index (χ3v) is 2.93. The Morgan fingerprint density at radius 2 is 2.27 bits per heavy atom. The molecule has 0 aromatic carbocycles. The summed E-state index contributed by atoms with van der Waals surface area (Å²) in [6.07, 6.45) is 1.91. The number of hydrogen-bond donors (Lipinski definition) is 0. The lowest BCUT2D eigenvalue weighted by Gasteiger charge is -2.24. The van der Waals surface area contributed by atoms with Gasteiger partial charge in [0.2, 0.25) is 0 Å². The molecule has 1 heterocycles. The van der Waals surface area contributed by atoms with E-state index in [9.17, 15) is 9.59 Å². The van der Waals surface area contributed by atoms with Crippen LogP contribution < -0.4 is 0 Å². The van der Waals surface area contributed by atoms with Crippen molar-refractivity contribution in [2.75, 3.05) is 0 Å². The van der Waals surface area contributed by atoms with Gasteiger partial charge in [0.25, 0.3) is 0 Å². The van der Waals surface area contributed by atoms with Crippen molar-refractivity contribution in [1.29, 1.82) is 0 Å². The molecule has 2 fully saturated rings. The molecule has 1 saturated carbocycles. The summed E-state index contributed by atoms with van der Waals surface area (Å²) in [6, 6.07) is 0. The lowest BCUT2D eigenvalue weighted by molar-refractivity contribution is -0.152. The van der Waals surface area contributed by atoms with E-state index in [4.69, 9.17) is 9.47 Å². The zero-order valence-electron chi connectivity index (χ0n) is 8.69. The normalized spacial score (nSPS) is 33.4. The van der Waals surface area contributed by atoms with Gasteiger partial charge in [-0.1, -0.05) is 6.58 Å². The second-order valence-corrected chi connectivity index (χ2v) is 4.20. The van der Waals surface area contributed by atoms with Crippen LogP contribution in [-0.4, -0.2) is 24.1 Å². The lowest BCUT2D eigenvalue weighted by atomic mass is 9.87. The van der Waals surface area contributed by atoms with Gasteiger partial charge in [0.1, 0.15) is 12.2 Å². The molecular weight excluding hydrogens is 196 g/mol. The summed E-state index contributed by atoms with van der Waals surface area (Å²) in [6.45, 7) is 5.11. The third kappa shape index (κ3) is 1.89. The van der Waals surface area contributed by atoms with E-state index in [0.29, 0.717) is 18.4 Å². The monoisotopic (exact) mass is 210 g/mol. The summed E-state index contributed by atoms with van der Waals surface area (Å²) in [5.74, 6) is -0.901. The van der Waals surface area contributed by atoms with E-state index in [1.807, 2.05) is 0 Å². The molecule has 0 amide bonds. The van der Waals surface area contributed by atoms with Gasteiger partial charge in [-0.05, 0) is 19.8 Å². The topological polar surface area (TPSA) is 52.6 Å². The highest BCUT2D eigenvalue weighted by Gasteiger charge is 2.45. The number of rotatable bonds is 2. The molecule has 2 aliphatic rings. The first kappa shape index (κ1) is 10.2. The number of esters is 2. The summed E-state index contributed by atoms with van der Waals surface area (Å²) in [5, 5.41) is 0. The number of fused-ring (bicyclic) bond motifs is 2. The van der Waals surface area contributed by atoms with Crippen LogP contribution in [0.25, 0.3) is 0 Å². The van der Waals surface area contributed by atoms with Crippen molar-refractivity contribution < 1.29 is 19.1 Å². The van der Waals surface area contributed by atoms with Crippen LogP contribution in [0.5, 0.6) is 0 Å². The summed E-state index contributed by atoms with van der Waals surface area (Å²) in [7, 11) is 0. The van der Waals surface area contributed by atoms with Crippen LogP contribution in [0.3, 0.4) is 0 Å². The Labute approximate surface area is 88.2 Å². The van der Waals surface area contributed by atoms with E-state index in [1.54, 1.807) is 6.92 Å². The molecule has 4 nitrogen and oxygen atoms in total. The number of ether oxygens (including phenoxy) is 2. The lowest BCUT2D eigenvalue weighted by Crippen LogP contribution is -2.32. The average Bonchev–Trinajstić information content (AvgIpc) is 2.48. The molecule has 3 atom stereocenters. The smallest absolute Gasteiger partial charge is 0.333 e. The van der Waals surface area contributed by atoms with Crippen molar-refractivity contribution in [2.24, 2.45) is 5.92 Å². The van der Waals surface area contributed by atoms with Crippen LogP contribution in [0.1, 0.15) is 26.2 Å². The van der Waals surface area contributed by atoms with Gasteiger partial charge in [0, 0.05) is 12.0 Å². The molecule has 1 saturated heterocycles. The quantitative estimate of drug-likeness (QED) is 0.507. The molecule has 15 heavy (non-hydrogen) atoms.